The summed E-state index contributed by atoms with van der Waals surface area (Å²) in [5.74, 6) is 0.952. The topological polar surface area (TPSA) is 56.0 Å². The average molecular weight is 289 g/mol. The van der Waals surface area contributed by atoms with Crippen LogP contribution in [-0.2, 0) is 17.9 Å². The molecule has 0 aromatic carbocycles. The molecule has 0 saturated heterocycles. The number of hydrogen-bond donors (Lipinski definition) is 0. The lowest BCUT2D eigenvalue weighted by atomic mass is 10.2. The van der Waals surface area contributed by atoms with Gasteiger partial charge in [-0.2, -0.15) is 5.10 Å². The van der Waals surface area contributed by atoms with Gasteiger partial charge in [0.2, 0.25) is 5.91 Å². The predicted octanol–water partition coefficient (Wildman–Crippen LogP) is 2.02. The largest absolute Gasteiger partial charge is 0.337 e. The van der Waals surface area contributed by atoms with E-state index in [1.54, 1.807) is 6.20 Å². The Bertz CT molecular complexity index is 601. The zero-order chi connectivity index (χ0) is 15.4. The highest BCUT2D eigenvalue weighted by Gasteiger charge is 2.22. The molecule has 6 nitrogen and oxygen atoms in total. The number of aryl methyl sites for hydroxylation is 2. The number of imidazole rings is 1. The molecule has 0 saturated carbocycles. The van der Waals surface area contributed by atoms with E-state index in [2.05, 4.69) is 10.1 Å². The zero-order valence-electron chi connectivity index (χ0n) is 13.2. The van der Waals surface area contributed by atoms with E-state index < -0.39 is 0 Å². The fraction of sp³-hybridized carbons (Fsp3) is 0.533. The second-order valence-electron chi connectivity index (χ2n) is 5.11. The molecule has 0 fully saturated rings. The SMILES string of the molecule is CCN(Cc1cnn(CC)c1)C(=O)[C@@H](C)n1ccnc1C. The minimum atomic E-state index is -0.242. The van der Waals surface area contributed by atoms with Crippen molar-refractivity contribution in [2.45, 2.75) is 46.8 Å². The Morgan fingerprint density at radius 1 is 1.43 bits per heavy atom. The van der Waals surface area contributed by atoms with Crippen molar-refractivity contribution in [1.82, 2.24) is 24.2 Å². The Balaban J connectivity index is 2.09. The van der Waals surface area contributed by atoms with Crippen molar-refractivity contribution in [3.8, 4) is 0 Å². The van der Waals surface area contributed by atoms with Crippen LogP contribution in [0.2, 0.25) is 0 Å². The van der Waals surface area contributed by atoms with E-state index >= 15 is 0 Å². The second kappa shape index (κ2) is 6.56. The molecular weight excluding hydrogens is 266 g/mol. The predicted molar refractivity (Wildman–Crippen MR) is 80.7 cm³/mol. The normalized spacial score (nSPS) is 12.4. The molecule has 0 aliphatic carbocycles. The molecule has 1 amide bonds. The van der Waals surface area contributed by atoms with Crippen molar-refractivity contribution in [3.05, 3.63) is 36.2 Å². The van der Waals surface area contributed by atoms with Crippen molar-refractivity contribution >= 4 is 5.91 Å². The van der Waals surface area contributed by atoms with E-state index in [9.17, 15) is 4.79 Å². The van der Waals surface area contributed by atoms with Gasteiger partial charge in [-0.05, 0) is 27.7 Å². The van der Waals surface area contributed by atoms with Gasteiger partial charge in [-0.1, -0.05) is 0 Å². The quantitative estimate of drug-likeness (QED) is 0.817. The number of nitrogens with zero attached hydrogens (tertiary/aromatic N) is 5. The molecule has 2 aromatic heterocycles. The first-order valence-corrected chi connectivity index (χ1v) is 7.36. The molecule has 114 valence electrons. The van der Waals surface area contributed by atoms with E-state index in [0.29, 0.717) is 13.1 Å². The Morgan fingerprint density at radius 3 is 2.71 bits per heavy atom. The van der Waals surface area contributed by atoms with E-state index in [0.717, 1.165) is 17.9 Å². The minimum absolute atomic E-state index is 0.0999. The smallest absolute Gasteiger partial charge is 0.245 e. The molecule has 21 heavy (non-hydrogen) atoms. The highest BCUT2D eigenvalue weighted by molar-refractivity contribution is 5.80. The Labute approximate surface area is 125 Å². The number of carbonyl (C=O) groups is 1. The first kappa shape index (κ1) is 15.3. The maximum atomic E-state index is 12.7. The molecule has 0 aliphatic heterocycles. The molecule has 0 N–H and O–H groups in total. The summed E-state index contributed by atoms with van der Waals surface area (Å²) in [7, 11) is 0. The second-order valence-corrected chi connectivity index (χ2v) is 5.11. The Morgan fingerprint density at radius 2 is 2.19 bits per heavy atom. The maximum Gasteiger partial charge on any atom is 0.245 e. The third-order valence-electron chi connectivity index (χ3n) is 3.71. The fourth-order valence-electron chi connectivity index (χ4n) is 2.41. The number of carbonyl (C=O) groups excluding carboxylic acids is 1. The molecule has 0 aliphatic rings. The number of rotatable bonds is 6. The van der Waals surface area contributed by atoms with Crippen LogP contribution >= 0.6 is 0 Å². The lowest BCUT2D eigenvalue weighted by Gasteiger charge is -2.25. The van der Waals surface area contributed by atoms with Gasteiger partial charge in [0.15, 0.2) is 0 Å². The third-order valence-corrected chi connectivity index (χ3v) is 3.71. The lowest BCUT2D eigenvalue weighted by molar-refractivity contribution is -0.134. The molecule has 1 atom stereocenters. The summed E-state index contributed by atoms with van der Waals surface area (Å²) in [5.41, 5.74) is 1.06. The van der Waals surface area contributed by atoms with Crippen molar-refractivity contribution < 1.29 is 4.79 Å². The van der Waals surface area contributed by atoms with Crippen LogP contribution in [0, 0.1) is 6.92 Å². The average Bonchev–Trinajstić information content (AvgIpc) is 3.11. The molecule has 2 heterocycles. The third kappa shape index (κ3) is 3.32. The van der Waals surface area contributed by atoms with Crippen LogP contribution in [0.1, 0.15) is 38.2 Å². The molecule has 0 radical (unpaired) electrons. The molecule has 0 spiro atoms. The highest BCUT2D eigenvalue weighted by Crippen LogP contribution is 2.14. The molecule has 0 bridgehead atoms. The molecule has 0 unspecified atom stereocenters. The molecule has 6 heteroatoms. The molecule has 2 aromatic rings. The van der Waals surface area contributed by atoms with E-state index in [-0.39, 0.29) is 11.9 Å². The van der Waals surface area contributed by atoms with E-state index in [1.165, 1.54) is 0 Å². The maximum absolute atomic E-state index is 12.7. The van der Waals surface area contributed by atoms with Gasteiger partial charge in [0.1, 0.15) is 11.9 Å². The number of amides is 1. The molecular formula is C15H23N5O. The fourth-order valence-corrected chi connectivity index (χ4v) is 2.41. The van der Waals surface area contributed by atoms with Gasteiger partial charge in [0.25, 0.3) is 0 Å². The summed E-state index contributed by atoms with van der Waals surface area (Å²) < 4.78 is 3.78. The summed E-state index contributed by atoms with van der Waals surface area (Å²) in [5, 5.41) is 4.25. The summed E-state index contributed by atoms with van der Waals surface area (Å²) in [6.45, 7) is 9.96. The summed E-state index contributed by atoms with van der Waals surface area (Å²) in [6, 6.07) is -0.242. The van der Waals surface area contributed by atoms with Crippen molar-refractivity contribution in [2.75, 3.05) is 6.54 Å². The lowest BCUT2D eigenvalue weighted by Crippen LogP contribution is -2.35. The van der Waals surface area contributed by atoms with Gasteiger partial charge >= 0.3 is 0 Å². The van der Waals surface area contributed by atoms with Crippen LogP contribution in [-0.4, -0.2) is 36.7 Å². The van der Waals surface area contributed by atoms with Crippen LogP contribution in [0.25, 0.3) is 0 Å². The molecule has 2 rings (SSSR count). The Hall–Kier alpha value is -2.11. The summed E-state index contributed by atoms with van der Waals surface area (Å²) in [6.07, 6.45) is 7.39. The van der Waals surface area contributed by atoms with Gasteiger partial charge in [0.05, 0.1) is 6.20 Å². The van der Waals surface area contributed by atoms with Crippen molar-refractivity contribution in [3.63, 3.8) is 0 Å². The van der Waals surface area contributed by atoms with Crippen LogP contribution < -0.4 is 0 Å². The van der Waals surface area contributed by atoms with Crippen molar-refractivity contribution in [1.29, 1.82) is 0 Å². The van der Waals surface area contributed by atoms with Gasteiger partial charge in [-0.3, -0.25) is 9.48 Å². The van der Waals surface area contributed by atoms with Crippen LogP contribution in [0.3, 0.4) is 0 Å². The van der Waals surface area contributed by atoms with Gasteiger partial charge in [-0.15, -0.1) is 0 Å². The minimum Gasteiger partial charge on any atom is -0.337 e. The first-order chi connectivity index (χ1) is 10.1. The van der Waals surface area contributed by atoms with E-state index in [1.807, 2.05) is 60.4 Å². The zero-order valence-corrected chi connectivity index (χ0v) is 13.2. The summed E-state index contributed by atoms with van der Waals surface area (Å²) in [4.78, 5) is 18.7. The number of aromatic nitrogens is 4. The highest BCUT2D eigenvalue weighted by atomic mass is 16.2. The number of hydrogen-bond acceptors (Lipinski definition) is 3. The van der Waals surface area contributed by atoms with Crippen molar-refractivity contribution in [2.24, 2.45) is 0 Å². The van der Waals surface area contributed by atoms with Crippen LogP contribution in [0.15, 0.2) is 24.8 Å². The van der Waals surface area contributed by atoms with Crippen LogP contribution in [0.5, 0.6) is 0 Å². The van der Waals surface area contributed by atoms with E-state index in [4.69, 9.17) is 0 Å². The monoisotopic (exact) mass is 289 g/mol. The standard InChI is InChI=1S/C15H23N5O/c1-5-18(10-14-9-17-19(6-2)11-14)15(21)12(3)20-8-7-16-13(20)4/h7-9,11-12H,5-6,10H2,1-4H3/t12-/m1/s1. The van der Waals surface area contributed by atoms with Crippen LogP contribution in [0.4, 0.5) is 0 Å². The number of likely N-dealkylation sites (N-methyl/N-ethyl adjacent to an activating group) is 1. The van der Waals surface area contributed by atoms with Gasteiger partial charge in [0, 0.05) is 43.8 Å². The Kier molecular flexibility index (Phi) is 4.77. The van der Waals surface area contributed by atoms with Gasteiger partial charge in [-0.25, -0.2) is 4.98 Å². The van der Waals surface area contributed by atoms with Gasteiger partial charge < -0.3 is 9.47 Å². The summed E-state index contributed by atoms with van der Waals surface area (Å²) >= 11 is 0. The first-order valence-electron chi connectivity index (χ1n) is 7.36.